The Bertz CT molecular complexity index is 735. The molecule has 28 heavy (non-hydrogen) atoms. The molecule has 0 radical (unpaired) electrons. The fraction of sp³-hybridized carbons (Fsp3) is 0.429. The van der Waals surface area contributed by atoms with Crippen LogP contribution < -0.4 is 15.4 Å². The largest absolute Gasteiger partial charge is 0.491 e. The van der Waals surface area contributed by atoms with Crippen LogP contribution in [0.15, 0.2) is 47.6 Å². The fourth-order valence-electron chi connectivity index (χ4n) is 2.53. The summed E-state index contributed by atoms with van der Waals surface area (Å²) in [6.45, 7) is 9.59. The van der Waals surface area contributed by atoms with Gasteiger partial charge in [0.25, 0.3) is 0 Å². The standard InChI is InChI=1S/C21H30N4O2.HI/c1-5-22-21(24-13-19-16(4)7-6-12-23-19)25-14-20(26)17-8-10-18(11-9-17)27-15(2)3;/h6-12,15,20,26H,5,13-14H2,1-4H3,(H2,22,24,25);1H. The van der Waals surface area contributed by atoms with Gasteiger partial charge in [0.1, 0.15) is 5.75 Å². The molecule has 1 heterocycles. The lowest BCUT2D eigenvalue weighted by atomic mass is 10.1. The van der Waals surface area contributed by atoms with Gasteiger partial charge >= 0.3 is 0 Å². The van der Waals surface area contributed by atoms with Crippen LogP contribution in [0, 0.1) is 6.92 Å². The van der Waals surface area contributed by atoms with Crippen molar-refractivity contribution in [3.05, 3.63) is 59.4 Å². The highest BCUT2D eigenvalue weighted by Crippen LogP contribution is 2.18. The van der Waals surface area contributed by atoms with E-state index in [1.165, 1.54) is 0 Å². The first-order valence-corrected chi connectivity index (χ1v) is 9.37. The number of pyridine rings is 1. The molecule has 0 saturated carbocycles. The Labute approximate surface area is 184 Å². The fourth-order valence-corrected chi connectivity index (χ4v) is 2.53. The first kappa shape index (κ1) is 24.2. The van der Waals surface area contributed by atoms with Crippen molar-refractivity contribution in [3.8, 4) is 5.75 Å². The Morgan fingerprint density at radius 1 is 1.18 bits per heavy atom. The molecule has 0 aliphatic rings. The lowest BCUT2D eigenvalue weighted by molar-refractivity contribution is 0.180. The van der Waals surface area contributed by atoms with Gasteiger partial charge in [-0.1, -0.05) is 18.2 Å². The number of aromatic nitrogens is 1. The van der Waals surface area contributed by atoms with Crippen LogP contribution in [0.1, 0.15) is 43.7 Å². The van der Waals surface area contributed by atoms with Gasteiger partial charge in [-0.05, 0) is 57.0 Å². The number of ether oxygens (including phenoxy) is 1. The third-order valence-electron chi connectivity index (χ3n) is 3.95. The van der Waals surface area contributed by atoms with Crippen molar-refractivity contribution >= 4 is 29.9 Å². The smallest absolute Gasteiger partial charge is 0.191 e. The summed E-state index contributed by atoms with van der Waals surface area (Å²) in [5.74, 6) is 1.45. The second kappa shape index (κ2) is 12.6. The highest BCUT2D eigenvalue weighted by Gasteiger charge is 2.09. The van der Waals surface area contributed by atoms with E-state index >= 15 is 0 Å². The van der Waals surface area contributed by atoms with E-state index in [1.54, 1.807) is 6.20 Å². The molecule has 0 aliphatic heterocycles. The number of aliphatic imine (C=N–C) groups is 1. The van der Waals surface area contributed by atoms with Gasteiger partial charge in [-0.25, -0.2) is 4.99 Å². The topological polar surface area (TPSA) is 78.8 Å². The number of hydrogen-bond acceptors (Lipinski definition) is 4. The second-order valence-corrected chi connectivity index (χ2v) is 6.59. The van der Waals surface area contributed by atoms with Crippen molar-refractivity contribution in [2.24, 2.45) is 4.99 Å². The molecule has 0 saturated heterocycles. The predicted octanol–water partition coefficient (Wildman–Crippen LogP) is 3.58. The summed E-state index contributed by atoms with van der Waals surface area (Å²) in [5, 5.41) is 16.8. The first-order chi connectivity index (χ1) is 13.0. The molecular formula is C21H31IN4O2. The summed E-state index contributed by atoms with van der Waals surface area (Å²) >= 11 is 0. The van der Waals surface area contributed by atoms with E-state index in [-0.39, 0.29) is 30.1 Å². The molecule has 0 aliphatic carbocycles. The van der Waals surface area contributed by atoms with E-state index in [0.29, 0.717) is 19.0 Å². The number of halogens is 1. The molecule has 1 aromatic heterocycles. The Morgan fingerprint density at radius 2 is 1.89 bits per heavy atom. The van der Waals surface area contributed by atoms with Gasteiger partial charge in [-0.2, -0.15) is 0 Å². The number of guanidine groups is 1. The molecule has 2 aromatic rings. The quantitative estimate of drug-likeness (QED) is 0.295. The average molecular weight is 498 g/mol. The third kappa shape index (κ3) is 8.02. The zero-order chi connectivity index (χ0) is 19.6. The highest BCUT2D eigenvalue weighted by molar-refractivity contribution is 14.0. The second-order valence-electron chi connectivity index (χ2n) is 6.59. The summed E-state index contributed by atoms with van der Waals surface area (Å²) in [6, 6.07) is 11.5. The zero-order valence-corrected chi connectivity index (χ0v) is 19.3. The maximum Gasteiger partial charge on any atom is 0.191 e. The van der Waals surface area contributed by atoms with Crippen molar-refractivity contribution in [2.75, 3.05) is 13.1 Å². The molecular weight excluding hydrogens is 467 g/mol. The summed E-state index contributed by atoms with van der Waals surface area (Å²) in [7, 11) is 0. The maximum absolute atomic E-state index is 10.4. The number of hydrogen-bond donors (Lipinski definition) is 3. The average Bonchev–Trinajstić information content (AvgIpc) is 2.65. The molecule has 6 nitrogen and oxygen atoms in total. The van der Waals surface area contributed by atoms with Gasteiger partial charge in [0.15, 0.2) is 5.96 Å². The monoisotopic (exact) mass is 498 g/mol. The molecule has 154 valence electrons. The minimum absolute atomic E-state index is 0. The number of nitrogens with zero attached hydrogens (tertiary/aromatic N) is 2. The van der Waals surface area contributed by atoms with Gasteiger partial charge in [0.05, 0.1) is 24.4 Å². The number of aliphatic hydroxyl groups excluding tert-OH is 1. The summed E-state index contributed by atoms with van der Waals surface area (Å²) in [5.41, 5.74) is 2.88. The molecule has 0 spiro atoms. The Morgan fingerprint density at radius 3 is 2.50 bits per heavy atom. The van der Waals surface area contributed by atoms with Gasteiger partial charge in [-0.15, -0.1) is 24.0 Å². The molecule has 3 N–H and O–H groups in total. The minimum atomic E-state index is -0.640. The van der Waals surface area contributed by atoms with Crippen molar-refractivity contribution in [1.29, 1.82) is 0 Å². The van der Waals surface area contributed by atoms with Crippen molar-refractivity contribution in [1.82, 2.24) is 15.6 Å². The van der Waals surface area contributed by atoms with Crippen LogP contribution >= 0.6 is 24.0 Å². The first-order valence-electron chi connectivity index (χ1n) is 9.37. The van der Waals surface area contributed by atoms with Crippen LogP contribution in [0.3, 0.4) is 0 Å². The molecule has 0 fully saturated rings. The molecule has 0 bridgehead atoms. The van der Waals surface area contributed by atoms with Crippen molar-refractivity contribution < 1.29 is 9.84 Å². The Hall–Kier alpha value is -1.87. The predicted molar refractivity (Wildman–Crippen MR) is 124 cm³/mol. The third-order valence-corrected chi connectivity index (χ3v) is 3.95. The van der Waals surface area contributed by atoms with Crippen LogP contribution in [-0.2, 0) is 6.54 Å². The number of benzene rings is 1. The van der Waals surface area contributed by atoms with E-state index in [4.69, 9.17) is 4.74 Å². The molecule has 1 atom stereocenters. The zero-order valence-electron chi connectivity index (χ0n) is 17.0. The van der Waals surface area contributed by atoms with Crippen molar-refractivity contribution in [3.63, 3.8) is 0 Å². The summed E-state index contributed by atoms with van der Waals surface area (Å²) < 4.78 is 5.63. The molecule has 0 amide bonds. The van der Waals surface area contributed by atoms with Crippen LogP contribution in [0.25, 0.3) is 0 Å². The van der Waals surface area contributed by atoms with E-state index in [1.807, 2.05) is 64.1 Å². The van der Waals surface area contributed by atoms with Crippen molar-refractivity contribution in [2.45, 2.75) is 46.4 Å². The van der Waals surface area contributed by atoms with Crippen LogP contribution in [0.2, 0.25) is 0 Å². The summed E-state index contributed by atoms with van der Waals surface area (Å²) in [4.78, 5) is 8.92. The van der Waals surface area contributed by atoms with E-state index in [2.05, 4.69) is 20.6 Å². The lowest BCUT2D eigenvalue weighted by Crippen LogP contribution is -2.39. The van der Waals surface area contributed by atoms with Crippen LogP contribution in [0.4, 0.5) is 0 Å². The van der Waals surface area contributed by atoms with E-state index < -0.39 is 6.10 Å². The normalized spacial score (nSPS) is 12.3. The number of aliphatic hydroxyl groups is 1. The van der Waals surface area contributed by atoms with Gasteiger partial charge in [-0.3, -0.25) is 4.98 Å². The molecule has 1 aromatic carbocycles. The van der Waals surface area contributed by atoms with Gasteiger partial charge < -0.3 is 20.5 Å². The Balaban J connectivity index is 0.00000392. The number of aryl methyl sites for hydroxylation is 1. The molecule has 2 rings (SSSR count). The van der Waals surface area contributed by atoms with Gasteiger partial charge in [0, 0.05) is 19.3 Å². The number of rotatable bonds is 8. The minimum Gasteiger partial charge on any atom is -0.491 e. The van der Waals surface area contributed by atoms with Crippen LogP contribution in [-0.4, -0.2) is 35.2 Å². The van der Waals surface area contributed by atoms with Crippen LogP contribution in [0.5, 0.6) is 5.75 Å². The van der Waals surface area contributed by atoms with E-state index in [9.17, 15) is 5.11 Å². The SMILES string of the molecule is CCNC(=NCc1ncccc1C)NCC(O)c1ccc(OC(C)C)cc1.I. The highest BCUT2D eigenvalue weighted by atomic mass is 127. The lowest BCUT2D eigenvalue weighted by Gasteiger charge is -2.16. The Kier molecular flexibility index (Phi) is 10.8. The molecule has 7 heteroatoms. The van der Waals surface area contributed by atoms with E-state index in [0.717, 1.165) is 29.1 Å². The number of nitrogens with one attached hydrogen (secondary N) is 2. The molecule has 1 unspecified atom stereocenters. The maximum atomic E-state index is 10.4. The summed E-state index contributed by atoms with van der Waals surface area (Å²) in [6.07, 6.45) is 1.26. The van der Waals surface area contributed by atoms with Gasteiger partial charge in [0.2, 0.25) is 0 Å².